The summed E-state index contributed by atoms with van der Waals surface area (Å²) in [6, 6.07) is 4.93. The minimum Gasteiger partial charge on any atom is -0.434 e. The summed E-state index contributed by atoms with van der Waals surface area (Å²) >= 11 is 0. The molecular weight excluding hydrogens is 350 g/mol. The van der Waals surface area contributed by atoms with E-state index in [0.29, 0.717) is 21.9 Å². The number of aromatic nitrogens is 2. The summed E-state index contributed by atoms with van der Waals surface area (Å²) in [6.45, 7) is 1.83. The normalized spacial score (nSPS) is 11.2. The molecule has 0 bridgehead atoms. The molecule has 8 heteroatoms. The van der Waals surface area contributed by atoms with E-state index >= 15 is 0 Å². The van der Waals surface area contributed by atoms with Gasteiger partial charge in [-0.3, -0.25) is 9.59 Å². The molecule has 0 saturated heterocycles. The van der Waals surface area contributed by atoms with Crippen molar-refractivity contribution in [3.63, 3.8) is 0 Å². The van der Waals surface area contributed by atoms with Crippen LogP contribution < -0.4 is 10.3 Å². The molecule has 0 radical (unpaired) electrons. The maximum Gasteiger partial charge on any atom is 0.513 e. The van der Waals surface area contributed by atoms with E-state index in [2.05, 4.69) is 9.97 Å². The van der Waals surface area contributed by atoms with Crippen molar-refractivity contribution in [2.75, 3.05) is 20.7 Å². The lowest BCUT2D eigenvalue weighted by Crippen LogP contribution is -2.10. The lowest BCUT2D eigenvalue weighted by atomic mass is 10.0. The molecule has 3 aromatic rings. The summed E-state index contributed by atoms with van der Waals surface area (Å²) < 4.78 is 9.99. The predicted molar refractivity (Wildman–Crippen MR) is 101 cm³/mol. The van der Waals surface area contributed by atoms with E-state index in [0.717, 1.165) is 0 Å². The number of carbonyl (C=O) groups excluding carboxylic acids is 2. The number of nitrogens with one attached hydrogen (secondary N) is 2. The Morgan fingerprint density at radius 1 is 1.26 bits per heavy atom. The average Bonchev–Trinajstić information content (AvgIpc) is 3.04. The van der Waals surface area contributed by atoms with Crippen LogP contribution in [0.3, 0.4) is 0 Å². The monoisotopic (exact) mass is 369 g/mol. The molecule has 140 valence electrons. The number of aromatic amines is 2. The van der Waals surface area contributed by atoms with Crippen LogP contribution in [0.2, 0.25) is 0 Å². The molecule has 2 heterocycles. The lowest BCUT2D eigenvalue weighted by molar-refractivity contribution is 0.103. The number of H-pyrrole nitrogens is 2. The topological polar surface area (TPSA) is 104 Å². The van der Waals surface area contributed by atoms with Crippen molar-refractivity contribution in [3.05, 3.63) is 52.6 Å². The Hall–Kier alpha value is -3.55. The number of ketones is 1. The molecule has 1 aromatic carbocycles. The number of ether oxygens (including phenoxy) is 2. The highest BCUT2D eigenvalue weighted by atomic mass is 16.7. The number of allylic oxidation sites excluding steroid dienone is 1. The van der Waals surface area contributed by atoms with Gasteiger partial charge in [0.2, 0.25) is 0 Å². The van der Waals surface area contributed by atoms with Crippen molar-refractivity contribution >= 4 is 33.7 Å². The second-order valence-electron chi connectivity index (χ2n) is 6.05. The molecule has 2 aromatic heterocycles. The van der Waals surface area contributed by atoms with Crippen molar-refractivity contribution in [1.29, 1.82) is 0 Å². The van der Waals surface area contributed by atoms with Crippen molar-refractivity contribution in [2.45, 2.75) is 6.92 Å². The summed E-state index contributed by atoms with van der Waals surface area (Å²) in [6.07, 6.45) is 3.65. The van der Waals surface area contributed by atoms with Crippen molar-refractivity contribution in [2.24, 2.45) is 0 Å². The largest absolute Gasteiger partial charge is 0.513 e. The van der Waals surface area contributed by atoms with Crippen LogP contribution in [-0.4, -0.2) is 47.5 Å². The molecule has 0 aliphatic rings. The number of pyridine rings is 1. The van der Waals surface area contributed by atoms with Crippen LogP contribution in [0.5, 0.6) is 5.75 Å². The number of carbonyl (C=O) groups is 2. The Labute approximate surface area is 154 Å². The van der Waals surface area contributed by atoms with Gasteiger partial charge in [-0.05, 0) is 25.1 Å². The minimum atomic E-state index is -0.868. The van der Waals surface area contributed by atoms with Gasteiger partial charge in [0.05, 0.1) is 12.0 Å². The number of nitrogens with zero attached hydrogens (tertiary/aromatic N) is 1. The highest BCUT2D eigenvalue weighted by Crippen LogP contribution is 2.31. The van der Waals surface area contributed by atoms with Crippen LogP contribution in [0.15, 0.2) is 41.5 Å². The van der Waals surface area contributed by atoms with Gasteiger partial charge in [0.25, 0.3) is 5.56 Å². The fraction of sp³-hybridized carbons (Fsp3) is 0.211. The molecule has 8 nitrogen and oxygen atoms in total. The zero-order valence-corrected chi connectivity index (χ0v) is 15.2. The lowest BCUT2D eigenvalue weighted by Gasteiger charge is -2.06. The molecule has 0 aliphatic heterocycles. The van der Waals surface area contributed by atoms with Crippen LogP contribution in [0.25, 0.3) is 21.8 Å². The Morgan fingerprint density at radius 2 is 2.04 bits per heavy atom. The van der Waals surface area contributed by atoms with Crippen LogP contribution in [-0.2, 0) is 4.74 Å². The van der Waals surface area contributed by atoms with E-state index in [4.69, 9.17) is 9.47 Å². The average molecular weight is 369 g/mol. The molecule has 0 unspecified atom stereocenters. The van der Waals surface area contributed by atoms with Gasteiger partial charge in [-0.2, -0.15) is 0 Å². The Bertz CT molecular complexity index is 1110. The van der Waals surface area contributed by atoms with Gasteiger partial charge in [-0.1, -0.05) is 0 Å². The van der Waals surface area contributed by atoms with Crippen LogP contribution in [0, 0.1) is 0 Å². The first kappa shape index (κ1) is 18.2. The smallest absolute Gasteiger partial charge is 0.434 e. The summed E-state index contributed by atoms with van der Waals surface area (Å²) in [5.41, 5.74) is 0.851. The Morgan fingerprint density at radius 3 is 2.74 bits per heavy atom. The van der Waals surface area contributed by atoms with E-state index in [9.17, 15) is 14.4 Å². The Balaban J connectivity index is 2.16. The molecular formula is C19H19N3O5. The summed E-state index contributed by atoms with van der Waals surface area (Å²) in [4.78, 5) is 43.6. The molecule has 3 rings (SSSR count). The van der Waals surface area contributed by atoms with E-state index in [1.807, 2.05) is 14.1 Å². The quantitative estimate of drug-likeness (QED) is 0.407. The highest BCUT2D eigenvalue weighted by Gasteiger charge is 2.17. The van der Waals surface area contributed by atoms with Crippen LogP contribution >= 0.6 is 0 Å². The zero-order valence-electron chi connectivity index (χ0n) is 15.2. The number of hydrogen-bond acceptors (Lipinski definition) is 6. The minimum absolute atomic E-state index is 0.160. The molecule has 0 aliphatic carbocycles. The van der Waals surface area contributed by atoms with Gasteiger partial charge in [-0.25, -0.2) is 4.79 Å². The van der Waals surface area contributed by atoms with Crippen LogP contribution in [0.4, 0.5) is 4.79 Å². The fourth-order valence-electron chi connectivity index (χ4n) is 2.68. The van der Waals surface area contributed by atoms with Gasteiger partial charge in [0.15, 0.2) is 11.5 Å². The molecule has 27 heavy (non-hydrogen) atoms. The van der Waals surface area contributed by atoms with Crippen molar-refractivity contribution in [1.82, 2.24) is 14.9 Å². The first-order chi connectivity index (χ1) is 12.9. The number of rotatable bonds is 5. The van der Waals surface area contributed by atoms with E-state index in [-0.39, 0.29) is 29.2 Å². The molecule has 0 amide bonds. The van der Waals surface area contributed by atoms with Gasteiger partial charge in [0.1, 0.15) is 5.52 Å². The molecule has 0 atom stereocenters. The summed E-state index contributed by atoms with van der Waals surface area (Å²) in [5, 5.41) is 0.988. The second kappa shape index (κ2) is 7.36. The van der Waals surface area contributed by atoms with E-state index < -0.39 is 6.16 Å². The van der Waals surface area contributed by atoms with Crippen molar-refractivity contribution in [3.8, 4) is 5.75 Å². The number of hydrogen-bond donors (Lipinski definition) is 2. The van der Waals surface area contributed by atoms with Gasteiger partial charge in [-0.15, -0.1) is 0 Å². The first-order valence-electron chi connectivity index (χ1n) is 8.31. The maximum atomic E-state index is 12.4. The molecule has 0 saturated carbocycles. The SMILES string of the molecule is CCOC(=O)Oc1c[nH]c2c(=O)[nH]c3ccc(C(=O)C=CN(C)C)cc3c12. The molecule has 0 fully saturated rings. The highest BCUT2D eigenvalue weighted by molar-refractivity contribution is 6.12. The number of benzene rings is 1. The Kier molecular flexibility index (Phi) is 4.98. The predicted octanol–water partition coefficient (Wildman–Crippen LogP) is 2.80. The molecule has 2 N–H and O–H groups in total. The zero-order chi connectivity index (χ0) is 19.6. The van der Waals surface area contributed by atoms with E-state index in [1.54, 1.807) is 36.2 Å². The summed E-state index contributed by atoms with van der Waals surface area (Å²) in [7, 11) is 3.63. The number of fused-ring (bicyclic) bond motifs is 3. The third-order valence-electron chi connectivity index (χ3n) is 3.87. The standard InChI is InChI=1S/C19H19N3O5/c1-4-26-19(25)27-15-10-20-17-16(15)12-9-11(14(23)7-8-22(2)3)5-6-13(12)21-18(17)24/h5-10,20H,4H2,1-3H3,(H,21,24). The molecule has 0 spiro atoms. The van der Waals surface area contributed by atoms with Gasteiger partial charge in [0, 0.05) is 49.0 Å². The van der Waals surface area contributed by atoms with Crippen LogP contribution in [0.1, 0.15) is 17.3 Å². The van der Waals surface area contributed by atoms with E-state index in [1.165, 1.54) is 12.3 Å². The van der Waals surface area contributed by atoms with Crippen molar-refractivity contribution < 1.29 is 19.1 Å². The third kappa shape index (κ3) is 3.69. The third-order valence-corrected chi connectivity index (χ3v) is 3.87. The van der Waals surface area contributed by atoms with Gasteiger partial charge >= 0.3 is 6.16 Å². The second-order valence-corrected chi connectivity index (χ2v) is 6.05. The first-order valence-corrected chi connectivity index (χ1v) is 8.31. The fourth-order valence-corrected chi connectivity index (χ4v) is 2.68. The maximum absolute atomic E-state index is 12.4. The van der Waals surface area contributed by atoms with Gasteiger partial charge < -0.3 is 24.3 Å². The summed E-state index contributed by atoms with van der Waals surface area (Å²) in [5.74, 6) is -0.0265.